The summed E-state index contributed by atoms with van der Waals surface area (Å²) in [4.78, 5) is 12.7. The summed E-state index contributed by atoms with van der Waals surface area (Å²) < 4.78 is 11.9. The largest absolute Gasteiger partial charge is 0.487 e. The van der Waals surface area contributed by atoms with E-state index >= 15 is 0 Å². The zero-order valence-corrected chi connectivity index (χ0v) is 16.1. The molecule has 2 atom stereocenters. The standard InChI is InChI=1S/C22H27NO3/c1-14-10-11-17(12-15(14)2)25-16(3)21(24)23-19-13-22(4,5)26-20-9-7-6-8-18(19)20/h6-12,16,19H,13H2,1-5H3,(H,23,24)/t16-,19-/m1/s1. The lowest BCUT2D eigenvalue weighted by Gasteiger charge is -2.38. The average molecular weight is 353 g/mol. The third kappa shape index (κ3) is 4.01. The topological polar surface area (TPSA) is 47.6 Å². The summed E-state index contributed by atoms with van der Waals surface area (Å²) in [6.45, 7) is 9.95. The van der Waals surface area contributed by atoms with Gasteiger partial charge in [0.2, 0.25) is 0 Å². The number of para-hydroxylation sites is 1. The highest BCUT2D eigenvalue weighted by Crippen LogP contribution is 2.39. The molecule has 0 aromatic heterocycles. The van der Waals surface area contributed by atoms with E-state index in [9.17, 15) is 4.79 Å². The van der Waals surface area contributed by atoms with Crippen LogP contribution in [0.5, 0.6) is 11.5 Å². The summed E-state index contributed by atoms with van der Waals surface area (Å²) in [6, 6.07) is 13.7. The molecule has 0 saturated heterocycles. The lowest BCUT2D eigenvalue weighted by atomic mass is 9.89. The first kappa shape index (κ1) is 18.3. The van der Waals surface area contributed by atoms with Crippen molar-refractivity contribution < 1.29 is 14.3 Å². The Kier molecular flexibility index (Phi) is 4.94. The van der Waals surface area contributed by atoms with Gasteiger partial charge in [-0.2, -0.15) is 0 Å². The number of fused-ring (bicyclic) bond motifs is 1. The molecule has 0 saturated carbocycles. The summed E-state index contributed by atoms with van der Waals surface area (Å²) in [5.41, 5.74) is 3.04. The quantitative estimate of drug-likeness (QED) is 0.881. The Bertz CT molecular complexity index is 813. The first-order valence-electron chi connectivity index (χ1n) is 9.07. The van der Waals surface area contributed by atoms with Gasteiger partial charge < -0.3 is 14.8 Å². The van der Waals surface area contributed by atoms with E-state index in [4.69, 9.17) is 9.47 Å². The molecule has 3 rings (SSSR count). The summed E-state index contributed by atoms with van der Waals surface area (Å²) in [5.74, 6) is 1.42. The summed E-state index contributed by atoms with van der Waals surface area (Å²) >= 11 is 0. The van der Waals surface area contributed by atoms with Crippen LogP contribution in [-0.4, -0.2) is 17.6 Å². The zero-order valence-electron chi connectivity index (χ0n) is 16.1. The summed E-state index contributed by atoms with van der Waals surface area (Å²) in [6.07, 6.45) is 0.141. The minimum absolute atomic E-state index is 0.0896. The van der Waals surface area contributed by atoms with E-state index < -0.39 is 6.10 Å². The van der Waals surface area contributed by atoms with Crippen molar-refractivity contribution in [1.29, 1.82) is 0 Å². The van der Waals surface area contributed by atoms with Crippen molar-refractivity contribution in [1.82, 2.24) is 5.32 Å². The first-order chi connectivity index (χ1) is 12.2. The fourth-order valence-electron chi connectivity index (χ4n) is 3.26. The molecule has 1 amide bonds. The molecule has 0 unspecified atom stereocenters. The van der Waals surface area contributed by atoms with Crippen molar-refractivity contribution in [3.8, 4) is 11.5 Å². The van der Waals surface area contributed by atoms with Gasteiger partial charge in [0.1, 0.15) is 17.1 Å². The summed E-state index contributed by atoms with van der Waals surface area (Å²) in [7, 11) is 0. The van der Waals surface area contributed by atoms with E-state index in [-0.39, 0.29) is 17.6 Å². The maximum Gasteiger partial charge on any atom is 0.261 e. The highest BCUT2D eigenvalue weighted by atomic mass is 16.5. The normalized spacial score (nSPS) is 19.0. The molecule has 2 aromatic carbocycles. The van der Waals surface area contributed by atoms with E-state index in [2.05, 4.69) is 12.2 Å². The van der Waals surface area contributed by atoms with Gasteiger partial charge in [-0.25, -0.2) is 0 Å². The number of ether oxygens (including phenoxy) is 2. The van der Waals surface area contributed by atoms with Crippen molar-refractivity contribution in [2.45, 2.75) is 58.8 Å². The van der Waals surface area contributed by atoms with E-state index in [1.165, 1.54) is 5.56 Å². The Balaban J connectivity index is 1.71. The van der Waals surface area contributed by atoms with Crippen LogP contribution >= 0.6 is 0 Å². The first-order valence-corrected chi connectivity index (χ1v) is 9.07. The summed E-state index contributed by atoms with van der Waals surface area (Å²) in [5, 5.41) is 3.13. The van der Waals surface area contributed by atoms with Crippen molar-refractivity contribution in [3.05, 3.63) is 59.2 Å². The van der Waals surface area contributed by atoms with Gasteiger partial charge in [0.25, 0.3) is 5.91 Å². The second-order valence-corrected chi connectivity index (χ2v) is 7.67. The van der Waals surface area contributed by atoms with Crippen molar-refractivity contribution in [3.63, 3.8) is 0 Å². The fraction of sp³-hybridized carbons (Fsp3) is 0.409. The van der Waals surface area contributed by atoms with Gasteiger partial charge in [0, 0.05) is 12.0 Å². The minimum Gasteiger partial charge on any atom is -0.487 e. The monoisotopic (exact) mass is 353 g/mol. The van der Waals surface area contributed by atoms with Crippen molar-refractivity contribution in [2.75, 3.05) is 0 Å². The van der Waals surface area contributed by atoms with Crippen LogP contribution in [-0.2, 0) is 4.79 Å². The Labute approximate surface area is 155 Å². The molecule has 0 aliphatic carbocycles. The number of amides is 1. The van der Waals surface area contributed by atoms with Gasteiger partial charge in [-0.15, -0.1) is 0 Å². The van der Waals surface area contributed by atoms with Gasteiger partial charge in [0.05, 0.1) is 6.04 Å². The second kappa shape index (κ2) is 7.02. The van der Waals surface area contributed by atoms with E-state index in [1.54, 1.807) is 6.92 Å². The number of carbonyl (C=O) groups excluding carboxylic acids is 1. The van der Waals surface area contributed by atoms with Crippen molar-refractivity contribution in [2.24, 2.45) is 0 Å². The predicted molar refractivity (Wildman–Crippen MR) is 103 cm³/mol. The Morgan fingerprint density at radius 1 is 1.19 bits per heavy atom. The molecule has 2 aromatic rings. The van der Waals surface area contributed by atoms with Crippen LogP contribution in [0.25, 0.3) is 0 Å². The number of hydrogen-bond acceptors (Lipinski definition) is 3. The highest BCUT2D eigenvalue weighted by molar-refractivity contribution is 5.81. The number of nitrogens with one attached hydrogen (secondary N) is 1. The van der Waals surface area contributed by atoms with Gasteiger partial charge in [0.15, 0.2) is 6.10 Å². The number of carbonyl (C=O) groups is 1. The molecule has 0 bridgehead atoms. The van der Waals surface area contributed by atoms with Crippen LogP contribution in [0.4, 0.5) is 0 Å². The SMILES string of the molecule is Cc1ccc(O[C@H](C)C(=O)N[C@@H]2CC(C)(C)Oc3ccccc32)cc1C. The van der Waals surface area contributed by atoms with Crippen LogP contribution < -0.4 is 14.8 Å². The second-order valence-electron chi connectivity index (χ2n) is 7.67. The van der Waals surface area contributed by atoms with E-state index in [0.717, 1.165) is 16.9 Å². The van der Waals surface area contributed by atoms with Gasteiger partial charge in [-0.1, -0.05) is 24.3 Å². The van der Waals surface area contributed by atoms with E-state index in [1.807, 2.05) is 63.2 Å². The van der Waals surface area contributed by atoms with E-state index in [0.29, 0.717) is 12.2 Å². The van der Waals surface area contributed by atoms with Gasteiger partial charge in [-0.05, 0) is 63.9 Å². The lowest BCUT2D eigenvalue weighted by Crippen LogP contribution is -2.44. The van der Waals surface area contributed by atoms with Crippen LogP contribution in [0.1, 0.15) is 49.9 Å². The number of rotatable bonds is 4. The molecular formula is C22H27NO3. The predicted octanol–water partition coefficient (Wildman–Crippen LogP) is 4.49. The number of hydrogen-bond donors (Lipinski definition) is 1. The smallest absolute Gasteiger partial charge is 0.261 e. The molecule has 0 spiro atoms. The molecular weight excluding hydrogens is 326 g/mol. The van der Waals surface area contributed by atoms with Crippen molar-refractivity contribution >= 4 is 5.91 Å². The molecule has 0 radical (unpaired) electrons. The average Bonchev–Trinajstić information content (AvgIpc) is 2.57. The van der Waals surface area contributed by atoms with Gasteiger partial charge in [-0.3, -0.25) is 4.79 Å². The maximum absolute atomic E-state index is 12.7. The lowest BCUT2D eigenvalue weighted by molar-refractivity contribution is -0.128. The molecule has 4 heteroatoms. The molecule has 1 aliphatic heterocycles. The van der Waals surface area contributed by atoms with Crippen LogP contribution in [0, 0.1) is 13.8 Å². The molecule has 138 valence electrons. The molecule has 1 N–H and O–H groups in total. The van der Waals surface area contributed by atoms with Crippen LogP contribution in [0.3, 0.4) is 0 Å². The number of aryl methyl sites for hydroxylation is 2. The number of benzene rings is 2. The molecule has 1 heterocycles. The highest BCUT2D eigenvalue weighted by Gasteiger charge is 2.35. The Morgan fingerprint density at radius 2 is 1.92 bits per heavy atom. The van der Waals surface area contributed by atoms with Crippen LogP contribution in [0.2, 0.25) is 0 Å². The zero-order chi connectivity index (χ0) is 18.9. The fourth-order valence-corrected chi connectivity index (χ4v) is 3.26. The van der Waals surface area contributed by atoms with Crippen LogP contribution in [0.15, 0.2) is 42.5 Å². The van der Waals surface area contributed by atoms with Gasteiger partial charge >= 0.3 is 0 Å². The Morgan fingerprint density at radius 3 is 2.65 bits per heavy atom. The maximum atomic E-state index is 12.7. The molecule has 26 heavy (non-hydrogen) atoms. The third-order valence-corrected chi connectivity index (χ3v) is 4.85. The molecule has 1 aliphatic rings. The Hall–Kier alpha value is -2.49. The molecule has 0 fully saturated rings. The molecule has 4 nitrogen and oxygen atoms in total. The minimum atomic E-state index is -0.574. The third-order valence-electron chi connectivity index (χ3n) is 4.85.